The number of benzene rings is 1. The number of halogens is 1. The first-order chi connectivity index (χ1) is 7.15. The molecular formula is C12H15BrN2. The fraction of sp³-hybridized carbons (Fsp3) is 0.333. The maximum Gasteiger partial charge on any atom is 0.0456 e. The van der Waals surface area contributed by atoms with E-state index in [1.807, 2.05) is 0 Å². The lowest BCUT2D eigenvalue weighted by Crippen LogP contribution is -2.15. The second-order valence-electron chi connectivity index (χ2n) is 4.08. The van der Waals surface area contributed by atoms with Crippen LogP contribution in [0.1, 0.15) is 5.69 Å². The molecule has 2 nitrogen and oxygen atoms in total. The van der Waals surface area contributed by atoms with Crippen LogP contribution in [0.2, 0.25) is 0 Å². The zero-order valence-corrected chi connectivity index (χ0v) is 10.6. The number of rotatable bonds is 3. The van der Waals surface area contributed by atoms with Crippen molar-refractivity contribution in [3.63, 3.8) is 0 Å². The number of likely N-dealkylation sites (N-methyl/N-ethyl adjacent to an activating group) is 1. The number of nitrogens with one attached hydrogen (secondary N) is 1. The van der Waals surface area contributed by atoms with Crippen molar-refractivity contribution in [2.75, 3.05) is 20.6 Å². The second kappa shape index (κ2) is 4.37. The van der Waals surface area contributed by atoms with E-state index in [1.54, 1.807) is 0 Å². The van der Waals surface area contributed by atoms with Crippen LogP contribution in [0.15, 0.2) is 28.7 Å². The zero-order valence-electron chi connectivity index (χ0n) is 9.05. The third-order valence-corrected chi connectivity index (χ3v) is 2.96. The molecule has 1 N–H and O–H groups in total. The van der Waals surface area contributed by atoms with Gasteiger partial charge in [0.25, 0.3) is 0 Å². The number of aromatic amines is 1. The van der Waals surface area contributed by atoms with E-state index in [1.165, 1.54) is 16.6 Å². The molecule has 0 bridgehead atoms. The minimum Gasteiger partial charge on any atom is -0.358 e. The normalized spacial score (nSPS) is 11.5. The van der Waals surface area contributed by atoms with E-state index >= 15 is 0 Å². The smallest absolute Gasteiger partial charge is 0.0456 e. The van der Waals surface area contributed by atoms with E-state index in [-0.39, 0.29) is 0 Å². The van der Waals surface area contributed by atoms with Crippen LogP contribution < -0.4 is 0 Å². The lowest BCUT2D eigenvalue weighted by atomic mass is 10.2. The number of H-pyrrole nitrogens is 1. The fourth-order valence-electron chi connectivity index (χ4n) is 1.64. The van der Waals surface area contributed by atoms with Gasteiger partial charge in [0.2, 0.25) is 0 Å². The molecule has 0 fully saturated rings. The summed E-state index contributed by atoms with van der Waals surface area (Å²) >= 11 is 3.48. The van der Waals surface area contributed by atoms with E-state index in [0.717, 1.165) is 17.4 Å². The Labute approximate surface area is 98.4 Å². The molecule has 0 saturated heterocycles. The van der Waals surface area contributed by atoms with Gasteiger partial charge in [-0.2, -0.15) is 0 Å². The predicted molar refractivity (Wildman–Crippen MR) is 68.3 cm³/mol. The molecule has 1 aromatic carbocycles. The van der Waals surface area contributed by atoms with E-state index in [2.05, 4.69) is 64.2 Å². The number of hydrogen-bond donors (Lipinski definition) is 1. The Kier molecular flexibility index (Phi) is 3.12. The quantitative estimate of drug-likeness (QED) is 0.905. The summed E-state index contributed by atoms with van der Waals surface area (Å²) in [5.74, 6) is 0. The van der Waals surface area contributed by atoms with Gasteiger partial charge >= 0.3 is 0 Å². The van der Waals surface area contributed by atoms with Crippen molar-refractivity contribution in [1.82, 2.24) is 9.88 Å². The van der Waals surface area contributed by atoms with E-state index < -0.39 is 0 Å². The Balaban J connectivity index is 2.23. The summed E-state index contributed by atoms with van der Waals surface area (Å²) in [6, 6.07) is 8.54. The highest BCUT2D eigenvalue weighted by Crippen LogP contribution is 2.20. The summed E-state index contributed by atoms with van der Waals surface area (Å²) in [7, 11) is 4.19. The molecule has 0 amide bonds. The van der Waals surface area contributed by atoms with Crippen LogP contribution in [0.4, 0.5) is 0 Å². The SMILES string of the molecule is CN(C)CCc1cc2cc(Br)ccc2[nH]1. The van der Waals surface area contributed by atoms with E-state index in [9.17, 15) is 0 Å². The summed E-state index contributed by atoms with van der Waals surface area (Å²) in [6.45, 7) is 1.08. The lowest BCUT2D eigenvalue weighted by molar-refractivity contribution is 0.412. The minimum atomic E-state index is 1.07. The van der Waals surface area contributed by atoms with Gasteiger partial charge in [0.15, 0.2) is 0 Å². The number of aromatic nitrogens is 1. The molecule has 0 unspecified atom stereocenters. The van der Waals surface area contributed by atoms with Gasteiger partial charge in [0, 0.05) is 34.0 Å². The van der Waals surface area contributed by atoms with Crippen LogP contribution in [0.25, 0.3) is 10.9 Å². The standard InChI is InChI=1S/C12H15BrN2/c1-15(2)6-5-11-8-9-7-10(13)3-4-12(9)14-11/h3-4,7-8,14H,5-6H2,1-2H3. The maximum absolute atomic E-state index is 3.48. The molecule has 0 aliphatic rings. The zero-order chi connectivity index (χ0) is 10.8. The maximum atomic E-state index is 3.48. The largest absolute Gasteiger partial charge is 0.358 e. The topological polar surface area (TPSA) is 19.0 Å². The summed E-state index contributed by atoms with van der Waals surface area (Å²) in [4.78, 5) is 5.63. The first-order valence-corrected chi connectivity index (χ1v) is 5.86. The molecule has 0 spiro atoms. The average Bonchev–Trinajstić information content (AvgIpc) is 2.56. The van der Waals surface area contributed by atoms with Gasteiger partial charge in [0.05, 0.1) is 0 Å². The van der Waals surface area contributed by atoms with Crippen molar-refractivity contribution >= 4 is 26.8 Å². The molecular weight excluding hydrogens is 252 g/mol. The van der Waals surface area contributed by atoms with Crippen molar-refractivity contribution in [2.24, 2.45) is 0 Å². The Hall–Kier alpha value is -0.800. The van der Waals surface area contributed by atoms with Crippen molar-refractivity contribution in [2.45, 2.75) is 6.42 Å². The van der Waals surface area contributed by atoms with Crippen LogP contribution in [0, 0.1) is 0 Å². The van der Waals surface area contributed by atoms with Gasteiger partial charge in [-0.05, 0) is 38.4 Å². The molecule has 80 valence electrons. The van der Waals surface area contributed by atoms with E-state index in [4.69, 9.17) is 0 Å². The third-order valence-electron chi connectivity index (χ3n) is 2.47. The third kappa shape index (κ3) is 2.61. The van der Waals surface area contributed by atoms with Crippen molar-refractivity contribution in [3.05, 3.63) is 34.4 Å². The summed E-state index contributed by atoms with van der Waals surface area (Å²) in [5, 5.41) is 1.28. The Morgan fingerprint density at radius 3 is 2.80 bits per heavy atom. The van der Waals surface area contributed by atoms with Crippen molar-refractivity contribution in [3.8, 4) is 0 Å². The Morgan fingerprint density at radius 1 is 1.27 bits per heavy atom. The van der Waals surface area contributed by atoms with Gasteiger partial charge in [-0.25, -0.2) is 0 Å². The Morgan fingerprint density at radius 2 is 2.07 bits per heavy atom. The number of hydrogen-bond acceptors (Lipinski definition) is 1. The van der Waals surface area contributed by atoms with Crippen LogP contribution in [-0.2, 0) is 6.42 Å². The highest BCUT2D eigenvalue weighted by atomic mass is 79.9. The second-order valence-corrected chi connectivity index (χ2v) is 5.00. The molecule has 3 heteroatoms. The van der Waals surface area contributed by atoms with Gasteiger partial charge in [-0.15, -0.1) is 0 Å². The van der Waals surface area contributed by atoms with Crippen LogP contribution in [0.3, 0.4) is 0 Å². The molecule has 0 aliphatic carbocycles. The highest BCUT2D eigenvalue weighted by molar-refractivity contribution is 9.10. The molecule has 0 aliphatic heterocycles. The van der Waals surface area contributed by atoms with Gasteiger partial charge in [-0.1, -0.05) is 15.9 Å². The minimum absolute atomic E-state index is 1.07. The molecule has 0 radical (unpaired) electrons. The average molecular weight is 267 g/mol. The lowest BCUT2D eigenvalue weighted by Gasteiger charge is -2.07. The molecule has 1 aromatic heterocycles. The molecule has 0 atom stereocenters. The summed E-state index contributed by atoms with van der Waals surface area (Å²) < 4.78 is 1.13. The highest BCUT2D eigenvalue weighted by Gasteiger charge is 2.01. The van der Waals surface area contributed by atoms with Crippen LogP contribution >= 0.6 is 15.9 Å². The molecule has 2 rings (SSSR count). The van der Waals surface area contributed by atoms with Crippen LogP contribution in [0.5, 0.6) is 0 Å². The van der Waals surface area contributed by atoms with Crippen molar-refractivity contribution in [1.29, 1.82) is 0 Å². The molecule has 15 heavy (non-hydrogen) atoms. The first-order valence-electron chi connectivity index (χ1n) is 5.07. The van der Waals surface area contributed by atoms with E-state index in [0.29, 0.717) is 0 Å². The number of fused-ring (bicyclic) bond motifs is 1. The van der Waals surface area contributed by atoms with Gasteiger partial charge in [0.1, 0.15) is 0 Å². The van der Waals surface area contributed by atoms with Gasteiger partial charge in [-0.3, -0.25) is 0 Å². The Bertz CT molecular complexity index is 460. The molecule has 1 heterocycles. The molecule has 2 aromatic rings. The van der Waals surface area contributed by atoms with Crippen LogP contribution in [-0.4, -0.2) is 30.5 Å². The first kappa shape index (κ1) is 10.7. The predicted octanol–water partition coefficient (Wildman–Crippen LogP) is 3.03. The van der Waals surface area contributed by atoms with Gasteiger partial charge < -0.3 is 9.88 Å². The summed E-state index contributed by atoms with van der Waals surface area (Å²) in [6.07, 6.45) is 1.07. The van der Waals surface area contributed by atoms with Crippen molar-refractivity contribution < 1.29 is 0 Å². The number of nitrogens with zero attached hydrogens (tertiary/aromatic N) is 1. The monoisotopic (exact) mass is 266 g/mol. The molecule has 0 saturated carbocycles. The fourth-order valence-corrected chi connectivity index (χ4v) is 2.02. The summed E-state index contributed by atoms with van der Waals surface area (Å²) in [5.41, 5.74) is 2.52.